The van der Waals surface area contributed by atoms with E-state index in [0.717, 1.165) is 0 Å². The van der Waals surface area contributed by atoms with Crippen LogP contribution in [0.15, 0.2) is 0 Å². The van der Waals surface area contributed by atoms with Crippen LogP contribution in [0.3, 0.4) is 0 Å². The number of aliphatic hydroxyl groups excluding tert-OH is 1. The van der Waals surface area contributed by atoms with E-state index in [1.54, 1.807) is 0 Å². The fourth-order valence-electron chi connectivity index (χ4n) is 0.757. The molecule has 0 bridgehead atoms. The third-order valence-corrected chi connectivity index (χ3v) is 1.46. The molecule has 82 valence electrons. The van der Waals surface area contributed by atoms with Crippen molar-refractivity contribution in [3.63, 3.8) is 0 Å². The van der Waals surface area contributed by atoms with Crippen molar-refractivity contribution < 1.29 is 24.3 Å². The van der Waals surface area contributed by atoms with E-state index in [-0.39, 0.29) is 32.0 Å². The largest absolute Gasteiger partial charge is 0.466 e. The van der Waals surface area contributed by atoms with Crippen molar-refractivity contribution in [1.29, 1.82) is 0 Å². The highest BCUT2D eigenvalue weighted by atomic mass is 16.7. The molecule has 0 aromatic rings. The lowest BCUT2D eigenvalue weighted by Crippen LogP contribution is -2.12. The number of ether oxygens (including phenoxy) is 1. The SMILES string of the molecule is NOC(=O)CCCOC(=O)CCCO. The van der Waals surface area contributed by atoms with Gasteiger partial charge < -0.3 is 14.7 Å². The van der Waals surface area contributed by atoms with E-state index >= 15 is 0 Å². The first kappa shape index (κ1) is 12.9. The molecule has 6 nitrogen and oxygen atoms in total. The van der Waals surface area contributed by atoms with Crippen LogP contribution >= 0.6 is 0 Å². The number of hydrogen-bond acceptors (Lipinski definition) is 6. The lowest BCUT2D eigenvalue weighted by atomic mass is 10.3. The van der Waals surface area contributed by atoms with Crippen molar-refractivity contribution in [1.82, 2.24) is 0 Å². The second-order valence-corrected chi connectivity index (χ2v) is 2.64. The zero-order valence-electron chi connectivity index (χ0n) is 7.90. The monoisotopic (exact) mass is 205 g/mol. The van der Waals surface area contributed by atoms with Crippen molar-refractivity contribution in [2.45, 2.75) is 25.7 Å². The standard InChI is InChI=1S/C8H15NO5/c9-14-8(12)4-2-6-13-7(11)3-1-5-10/h10H,1-6,9H2. The van der Waals surface area contributed by atoms with E-state index in [2.05, 4.69) is 10.7 Å². The Balaban J connectivity index is 3.27. The molecule has 0 aliphatic rings. The molecule has 0 amide bonds. The number of carbonyl (C=O) groups is 2. The van der Waals surface area contributed by atoms with Crippen LogP contribution in [0.2, 0.25) is 0 Å². The maximum atomic E-state index is 10.8. The summed E-state index contributed by atoms with van der Waals surface area (Å²) >= 11 is 0. The third kappa shape index (κ3) is 7.51. The lowest BCUT2D eigenvalue weighted by Gasteiger charge is -2.02. The van der Waals surface area contributed by atoms with Gasteiger partial charge in [-0.25, -0.2) is 0 Å². The molecule has 0 atom stereocenters. The second kappa shape index (κ2) is 8.46. The molecular weight excluding hydrogens is 190 g/mol. The molecular formula is C8H15NO5. The van der Waals surface area contributed by atoms with Gasteiger partial charge in [0.25, 0.3) is 0 Å². The Morgan fingerprint density at radius 1 is 1.14 bits per heavy atom. The van der Waals surface area contributed by atoms with Crippen LogP contribution in [-0.4, -0.2) is 30.3 Å². The summed E-state index contributed by atoms with van der Waals surface area (Å²) in [5.74, 6) is 3.69. The average Bonchev–Trinajstić information content (AvgIpc) is 2.21. The van der Waals surface area contributed by atoms with E-state index in [1.807, 2.05) is 0 Å². The number of nitrogens with two attached hydrogens (primary N) is 1. The Bertz CT molecular complexity index is 183. The fourth-order valence-corrected chi connectivity index (χ4v) is 0.757. The Hall–Kier alpha value is -1.14. The van der Waals surface area contributed by atoms with Crippen LogP contribution in [0.1, 0.15) is 25.7 Å². The molecule has 0 saturated carbocycles. The summed E-state index contributed by atoms with van der Waals surface area (Å²) in [6, 6.07) is 0. The van der Waals surface area contributed by atoms with Crippen LogP contribution in [0.25, 0.3) is 0 Å². The van der Waals surface area contributed by atoms with Gasteiger partial charge in [0.05, 0.1) is 13.0 Å². The van der Waals surface area contributed by atoms with Gasteiger partial charge in [0.15, 0.2) is 0 Å². The summed E-state index contributed by atoms with van der Waals surface area (Å²) in [7, 11) is 0. The predicted molar refractivity (Wildman–Crippen MR) is 46.8 cm³/mol. The van der Waals surface area contributed by atoms with Gasteiger partial charge in [-0.05, 0) is 12.8 Å². The van der Waals surface area contributed by atoms with Crippen molar-refractivity contribution in [3.8, 4) is 0 Å². The van der Waals surface area contributed by atoms with E-state index in [0.29, 0.717) is 12.8 Å². The number of rotatable bonds is 7. The topological polar surface area (TPSA) is 98.9 Å². The maximum absolute atomic E-state index is 10.8. The van der Waals surface area contributed by atoms with Gasteiger partial charge in [0.2, 0.25) is 0 Å². The molecule has 0 unspecified atom stereocenters. The van der Waals surface area contributed by atoms with Crippen LogP contribution in [0, 0.1) is 0 Å². The van der Waals surface area contributed by atoms with E-state index in [1.165, 1.54) is 0 Å². The first-order chi connectivity index (χ1) is 6.70. The third-order valence-electron chi connectivity index (χ3n) is 1.46. The smallest absolute Gasteiger partial charge is 0.324 e. The highest BCUT2D eigenvalue weighted by Gasteiger charge is 2.04. The minimum Gasteiger partial charge on any atom is -0.466 e. The molecule has 0 aromatic carbocycles. The van der Waals surface area contributed by atoms with Gasteiger partial charge in [-0.2, -0.15) is 5.90 Å². The van der Waals surface area contributed by atoms with Gasteiger partial charge in [-0.1, -0.05) is 0 Å². The molecule has 3 N–H and O–H groups in total. The van der Waals surface area contributed by atoms with Gasteiger partial charge >= 0.3 is 11.9 Å². The Labute approximate surface area is 81.9 Å². The highest BCUT2D eigenvalue weighted by molar-refractivity contribution is 5.70. The van der Waals surface area contributed by atoms with Crippen molar-refractivity contribution in [3.05, 3.63) is 0 Å². The van der Waals surface area contributed by atoms with Gasteiger partial charge in [-0.3, -0.25) is 9.59 Å². The first-order valence-electron chi connectivity index (χ1n) is 4.36. The zero-order valence-corrected chi connectivity index (χ0v) is 7.90. The van der Waals surface area contributed by atoms with Crippen molar-refractivity contribution in [2.24, 2.45) is 5.90 Å². The van der Waals surface area contributed by atoms with Crippen LogP contribution in [0.4, 0.5) is 0 Å². The average molecular weight is 205 g/mol. The molecule has 0 fully saturated rings. The predicted octanol–water partition coefficient (Wildman–Crippen LogP) is -0.501. The van der Waals surface area contributed by atoms with Crippen molar-refractivity contribution >= 4 is 11.9 Å². The van der Waals surface area contributed by atoms with Crippen LogP contribution in [0.5, 0.6) is 0 Å². The summed E-state index contributed by atoms with van der Waals surface area (Å²) in [6.07, 6.45) is 1.10. The molecule has 0 aliphatic heterocycles. The van der Waals surface area contributed by atoms with E-state index < -0.39 is 5.97 Å². The first-order valence-corrected chi connectivity index (χ1v) is 4.36. The van der Waals surface area contributed by atoms with Crippen LogP contribution < -0.4 is 5.90 Å². The highest BCUT2D eigenvalue weighted by Crippen LogP contribution is 1.96. The van der Waals surface area contributed by atoms with Gasteiger partial charge in [-0.15, -0.1) is 0 Å². The summed E-state index contributed by atoms with van der Waals surface area (Å²) in [6.45, 7) is 0.133. The molecule has 0 aromatic heterocycles. The van der Waals surface area contributed by atoms with Gasteiger partial charge in [0, 0.05) is 13.0 Å². The molecule has 0 spiro atoms. The van der Waals surface area contributed by atoms with E-state index in [9.17, 15) is 9.59 Å². The number of aliphatic hydroxyl groups is 1. The fraction of sp³-hybridized carbons (Fsp3) is 0.750. The summed E-state index contributed by atoms with van der Waals surface area (Å²) in [5.41, 5.74) is 0. The molecule has 0 radical (unpaired) electrons. The van der Waals surface area contributed by atoms with Gasteiger partial charge in [0.1, 0.15) is 0 Å². The normalized spacial score (nSPS) is 9.57. The second-order valence-electron chi connectivity index (χ2n) is 2.64. The Kier molecular flexibility index (Phi) is 7.77. The summed E-state index contributed by atoms with van der Waals surface area (Å²) in [5, 5.41) is 8.41. The van der Waals surface area contributed by atoms with E-state index in [4.69, 9.17) is 9.84 Å². The number of hydrogen-bond donors (Lipinski definition) is 2. The Morgan fingerprint density at radius 2 is 1.79 bits per heavy atom. The number of carbonyl (C=O) groups excluding carboxylic acids is 2. The minimum atomic E-state index is -0.531. The molecule has 0 saturated heterocycles. The molecule has 6 heteroatoms. The maximum Gasteiger partial charge on any atom is 0.324 e. The minimum absolute atomic E-state index is 0.0331. The summed E-state index contributed by atoms with van der Waals surface area (Å²) in [4.78, 5) is 25.3. The quantitative estimate of drug-likeness (QED) is 0.330. The lowest BCUT2D eigenvalue weighted by molar-refractivity contribution is -0.148. The Morgan fingerprint density at radius 3 is 2.36 bits per heavy atom. The molecule has 0 aliphatic carbocycles. The molecule has 14 heavy (non-hydrogen) atoms. The zero-order chi connectivity index (χ0) is 10.8. The molecule has 0 heterocycles. The summed E-state index contributed by atoms with van der Waals surface area (Å²) < 4.78 is 4.74. The number of esters is 1. The van der Waals surface area contributed by atoms with Crippen molar-refractivity contribution in [2.75, 3.05) is 13.2 Å². The van der Waals surface area contributed by atoms with Crippen LogP contribution in [-0.2, 0) is 19.2 Å². The molecule has 0 rings (SSSR count).